The van der Waals surface area contributed by atoms with Crippen LogP contribution < -0.4 is 0 Å². The second kappa shape index (κ2) is 4.42. The quantitative estimate of drug-likeness (QED) is 0.724. The minimum absolute atomic E-state index is 0.261. The van der Waals surface area contributed by atoms with Crippen molar-refractivity contribution < 1.29 is 5.11 Å². The summed E-state index contributed by atoms with van der Waals surface area (Å²) in [4.78, 5) is 4.40. The van der Waals surface area contributed by atoms with E-state index in [1.807, 2.05) is 42.6 Å². The largest absolute Gasteiger partial charge is 0.508 e. The van der Waals surface area contributed by atoms with Crippen LogP contribution in [0.4, 0.5) is 0 Å². The zero-order chi connectivity index (χ0) is 12.5. The van der Waals surface area contributed by atoms with Crippen molar-refractivity contribution in [3.05, 3.63) is 59.2 Å². The van der Waals surface area contributed by atoms with Crippen molar-refractivity contribution in [2.75, 3.05) is 0 Å². The Hall–Kier alpha value is -1.87. The van der Waals surface area contributed by atoms with Crippen molar-refractivity contribution >= 4 is 26.8 Å². The van der Waals surface area contributed by atoms with Crippen LogP contribution in [0.2, 0.25) is 0 Å². The van der Waals surface area contributed by atoms with Gasteiger partial charge in [-0.15, -0.1) is 0 Å². The van der Waals surface area contributed by atoms with Crippen LogP contribution in [0.15, 0.2) is 59.2 Å². The molecule has 18 heavy (non-hydrogen) atoms. The average Bonchev–Trinajstić information content (AvgIpc) is 2.38. The molecule has 0 saturated carbocycles. The Balaban J connectivity index is 2.15. The van der Waals surface area contributed by atoms with Crippen molar-refractivity contribution in [3.63, 3.8) is 0 Å². The van der Waals surface area contributed by atoms with E-state index in [0.29, 0.717) is 0 Å². The molecule has 0 unspecified atom stereocenters. The van der Waals surface area contributed by atoms with Crippen molar-refractivity contribution in [2.45, 2.75) is 0 Å². The average molecular weight is 300 g/mol. The Morgan fingerprint density at radius 1 is 0.889 bits per heavy atom. The predicted molar refractivity (Wildman–Crippen MR) is 76.5 cm³/mol. The van der Waals surface area contributed by atoms with Crippen molar-refractivity contribution in [1.29, 1.82) is 0 Å². The summed E-state index contributed by atoms with van der Waals surface area (Å²) in [6.45, 7) is 0. The van der Waals surface area contributed by atoms with E-state index in [1.54, 1.807) is 12.1 Å². The summed E-state index contributed by atoms with van der Waals surface area (Å²) in [6, 6.07) is 15.3. The van der Waals surface area contributed by atoms with Crippen molar-refractivity contribution in [2.24, 2.45) is 0 Å². The molecule has 3 rings (SSSR count). The Labute approximate surface area is 113 Å². The zero-order valence-corrected chi connectivity index (χ0v) is 11.1. The molecule has 0 amide bonds. The Morgan fingerprint density at radius 2 is 1.67 bits per heavy atom. The van der Waals surface area contributed by atoms with Gasteiger partial charge in [-0.2, -0.15) is 0 Å². The fourth-order valence-electron chi connectivity index (χ4n) is 1.92. The second-order valence-electron chi connectivity index (χ2n) is 4.11. The third-order valence-electron chi connectivity index (χ3n) is 2.84. The van der Waals surface area contributed by atoms with Gasteiger partial charge >= 0.3 is 0 Å². The molecule has 0 aliphatic heterocycles. The number of rotatable bonds is 1. The summed E-state index contributed by atoms with van der Waals surface area (Å²) in [7, 11) is 0. The summed E-state index contributed by atoms with van der Waals surface area (Å²) < 4.78 is 1.05. The van der Waals surface area contributed by atoms with E-state index in [0.717, 1.165) is 26.5 Å². The van der Waals surface area contributed by atoms with E-state index in [1.165, 1.54) is 0 Å². The van der Waals surface area contributed by atoms with E-state index < -0.39 is 0 Å². The lowest BCUT2D eigenvalue weighted by molar-refractivity contribution is 0.476. The highest BCUT2D eigenvalue weighted by molar-refractivity contribution is 9.10. The standard InChI is InChI=1S/C15H10BrNO/c16-13-3-1-10(2-4-13)12-7-11-8-14(18)5-6-15(11)17-9-12/h1-9,18H. The molecule has 3 aromatic rings. The van der Waals surface area contributed by atoms with Gasteiger partial charge in [0, 0.05) is 21.6 Å². The fourth-order valence-corrected chi connectivity index (χ4v) is 2.18. The molecule has 0 bridgehead atoms. The number of phenolic OH excluding ortho intramolecular Hbond substituents is 1. The highest BCUT2D eigenvalue weighted by Crippen LogP contribution is 2.25. The van der Waals surface area contributed by atoms with Gasteiger partial charge in [0.05, 0.1) is 5.52 Å². The molecule has 0 spiro atoms. The minimum atomic E-state index is 0.261. The van der Waals surface area contributed by atoms with Crippen LogP contribution in [0.5, 0.6) is 5.75 Å². The van der Waals surface area contributed by atoms with Crippen LogP contribution >= 0.6 is 15.9 Å². The van der Waals surface area contributed by atoms with Gasteiger partial charge in [0.25, 0.3) is 0 Å². The van der Waals surface area contributed by atoms with Crippen LogP contribution in [-0.4, -0.2) is 10.1 Å². The lowest BCUT2D eigenvalue weighted by Gasteiger charge is -2.04. The first kappa shape index (κ1) is 11.2. The van der Waals surface area contributed by atoms with E-state index in [-0.39, 0.29) is 5.75 Å². The maximum Gasteiger partial charge on any atom is 0.116 e. The maximum absolute atomic E-state index is 9.49. The molecule has 2 nitrogen and oxygen atoms in total. The summed E-state index contributed by atoms with van der Waals surface area (Å²) in [5, 5.41) is 10.4. The number of fused-ring (bicyclic) bond motifs is 1. The molecule has 88 valence electrons. The first-order chi connectivity index (χ1) is 8.72. The number of benzene rings is 2. The summed E-state index contributed by atoms with van der Waals surface area (Å²) in [5.74, 6) is 0.261. The molecule has 2 aromatic carbocycles. The number of pyridine rings is 1. The number of phenols is 1. The number of aromatic hydroxyl groups is 1. The van der Waals surface area contributed by atoms with Crippen molar-refractivity contribution in [1.82, 2.24) is 4.98 Å². The molecular formula is C15H10BrNO. The second-order valence-corrected chi connectivity index (χ2v) is 5.02. The third kappa shape index (κ3) is 2.09. The Morgan fingerprint density at radius 3 is 2.44 bits per heavy atom. The van der Waals surface area contributed by atoms with Gasteiger partial charge in [0.1, 0.15) is 5.75 Å². The molecule has 0 aliphatic rings. The molecule has 1 heterocycles. The third-order valence-corrected chi connectivity index (χ3v) is 3.37. The molecule has 1 aromatic heterocycles. The molecule has 0 saturated heterocycles. The van der Waals surface area contributed by atoms with Gasteiger partial charge in [-0.05, 0) is 42.0 Å². The summed E-state index contributed by atoms with van der Waals surface area (Å²) in [6.07, 6.45) is 1.85. The fraction of sp³-hybridized carbons (Fsp3) is 0. The van der Waals surface area contributed by atoms with Gasteiger partial charge in [0.15, 0.2) is 0 Å². The van der Waals surface area contributed by atoms with Gasteiger partial charge in [-0.1, -0.05) is 28.1 Å². The molecule has 0 atom stereocenters. The minimum Gasteiger partial charge on any atom is -0.508 e. The summed E-state index contributed by atoms with van der Waals surface area (Å²) in [5.41, 5.74) is 3.03. The molecule has 1 N–H and O–H groups in total. The van der Waals surface area contributed by atoms with Crippen LogP contribution in [0.1, 0.15) is 0 Å². The lowest BCUT2D eigenvalue weighted by atomic mass is 10.1. The van der Waals surface area contributed by atoms with E-state index >= 15 is 0 Å². The monoisotopic (exact) mass is 299 g/mol. The first-order valence-corrected chi connectivity index (χ1v) is 6.36. The maximum atomic E-state index is 9.49. The highest BCUT2D eigenvalue weighted by atomic mass is 79.9. The van der Waals surface area contributed by atoms with Crippen LogP contribution in [-0.2, 0) is 0 Å². The van der Waals surface area contributed by atoms with Crippen molar-refractivity contribution in [3.8, 4) is 16.9 Å². The molecule has 3 heteroatoms. The SMILES string of the molecule is Oc1ccc2ncc(-c3ccc(Br)cc3)cc2c1. The van der Waals surface area contributed by atoms with Gasteiger partial charge < -0.3 is 5.11 Å². The molecular weight excluding hydrogens is 290 g/mol. The van der Waals surface area contributed by atoms with E-state index in [4.69, 9.17) is 0 Å². The molecule has 0 fully saturated rings. The van der Waals surface area contributed by atoms with Crippen LogP contribution in [0.25, 0.3) is 22.0 Å². The number of nitrogens with zero attached hydrogens (tertiary/aromatic N) is 1. The van der Waals surface area contributed by atoms with Crippen LogP contribution in [0.3, 0.4) is 0 Å². The number of hydrogen-bond donors (Lipinski definition) is 1. The highest BCUT2D eigenvalue weighted by Gasteiger charge is 2.01. The van der Waals surface area contributed by atoms with Gasteiger partial charge in [-0.25, -0.2) is 0 Å². The van der Waals surface area contributed by atoms with Crippen LogP contribution in [0, 0.1) is 0 Å². The topological polar surface area (TPSA) is 33.1 Å². The number of halogens is 1. The Kier molecular flexibility index (Phi) is 2.76. The first-order valence-electron chi connectivity index (χ1n) is 5.57. The van der Waals surface area contributed by atoms with E-state index in [9.17, 15) is 5.11 Å². The molecule has 0 radical (unpaired) electrons. The number of aromatic nitrogens is 1. The zero-order valence-electron chi connectivity index (χ0n) is 9.47. The van der Waals surface area contributed by atoms with Gasteiger partial charge in [0.2, 0.25) is 0 Å². The Bertz CT molecular complexity index is 707. The number of hydrogen-bond acceptors (Lipinski definition) is 2. The lowest BCUT2D eigenvalue weighted by Crippen LogP contribution is -1.82. The predicted octanol–water partition coefficient (Wildman–Crippen LogP) is 4.37. The summed E-state index contributed by atoms with van der Waals surface area (Å²) >= 11 is 3.42. The normalized spacial score (nSPS) is 10.7. The smallest absolute Gasteiger partial charge is 0.116 e. The molecule has 0 aliphatic carbocycles. The van der Waals surface area contributed by atoms with Gasteiger partial charge in [-0.3, -0.25) is 4.98 Å². The van der Waals surface area contributed by atoms with E-state index in [2.05, 4.69) is 20.9 Å².